The molecule has 0 saturated heterocycles. The van der Waals surface area contributed by atoms with E-state index in [4.69, 9.17) is 9.63 Å². The van der Waals surface area contributed by atoms with Crippen molar-refractivity contribution in [3.8, 4) is 22.8 Å². The van der Waals surface area contributed by atoms with Crippen molar-refractivity contribution in [2.75, 3.05) is 0 Å². The van der Waals surface area contributed by atoms with E-state index < -0.39 is 10.9 Å². The van der Waals surface area contributed by atoms with Gasteiger partial charge >= 0.3 is 5.97 Å². The number of non-ortho nitro benzene ring substituents is 1. The molecule has 23 heavy (non-hydrogen) atoms. The third-order valence-electron chi connectivity index (χ3n) is 3.10. The molecular formula is C15H9N3O5. The second-order valence-electron chi connectivity index (χ2n) is 4.62. The van der Waals surface area contributed by atoms with Crippen LogP contribution < -0.4 is 0 Å². The second-order valence-corrected chi connectivity index (χ2v) is 4.62. The van der Waals surface area contributed by atoms with E-state index >= 15 is 0 Å². The van der Waals surface area contributed by atoms with Crippen molar-refractivity contribution in [3.63, 3.8) is 0 Å². The molecule has 0 aliphatic heterocycles. The van der Waals surface area contributed by atoms with Gasteiger partial charge in [-0.3, -0.25) is 10.1 Å². The van der Waals surface area contributed by atoms with Gasteiger partial charge in [-0.15, -0.1) is 0 Å². The minimum atomic E-state index is -1.06. The minimum Gasteiger partial charge on any atom is -0.478 e. The molecule has 0 atom stereocenters. The number of carboxylic acids is 1. The predicted octanol–water partition coefficient (Wildman–Crippen LogP) is 3.01. The lowest BCUT2D eigenvalue weighted by atomic mass is 10.1. The van der Waals surface area contributed by atoms with Gasteiger partial charge in [0.2, 0.25) is 5.82 Å². The molecule has 1 aromatic heterocycles. The van der Waals surface area contributed by atoms with Gasteiger partial charge in [-0.1, -0.05) is 23.4 Å². The summed E-state index contributed by atoms with van der Waals surface area (Å²) in [7, 11) is 0. The molecule has 0 fully saturated rings. The SMILES string of the molecule is O=C(O)c1cccc(-c2noc(-c3cccc([N+](=O)[O-])c3)n2)c1. The lowest BCUT2D eigenvalue weighted by Gasteiger charge is -1.97. The number of carboxylic acid groups (broad SMARTS) is 1. The second kappa shape index (κ2) is 5.68. The molecule has 8 nitrogen and oxygen atoms in total. The van der Waals surface area contributed by atoms with Crippen LogP contribution in [0, 0.1) is 10.1 Å². The summed E-state index contributed by atoms with van der Waals surface area (Å²) in [6.07, 6.45) is 0. The fourth-order valence-corrected chi connectivity index (χ4v) is 2.00. The van der Waals surface area contributed by atoms with Crippen LogP contribution in [0.3, 0.4) is 0 Å². The van der Waals surface area contributed by atoms with E-state index in [9.17, 15) is 14.9 Å². The van der Waals surface area contributed by atoms with Crippen molar-refractivity contribution in [1.82, 2.24) is 10.1 Å². The van der Waals surface area contributed by atoms with Crippen LogP contribution in [0.15, 0.2) is 53.1 Å². The number of carbonyl (C=O) groups is 1. The third-order valence-corrected chi connectivity index (χ3v) is 3.10. The van der Waals surface area contributed by atoms with Crippen molar-refractivity contribution in [3.05, 3.63) is 64.2 Å². The van der Waals surface area contributed by atoms with E-state index in [2.05, 4.69) is 10.1 Å². The minimum absolute atomic E-state index is 0.0878. The Morgan fingerprint density at radius 1 is 1.13 bits per heavy atom. The first kappa shape index (κ1) is 14.4. The van der Waals surface area contributed by atoms with Crippen LogP contribution >= 0.6 is 0 Å². The molecule has 3 aromatic rings. The predicted molar refractivity (Wildman–Crippen MR) is 78.8 cm³/mol. The fraction of sp³-hybridized carbons (Fsp3) is 0. The van der Waals surface area contributed by atoms with E-state index in [1.54, 1.807) is 18.2 Å². The maximum Gasteiger partial charge on any atom is 0.335 e. The number of benzene rings is 2. The van der Waals surface area contributed by atoms with Gasteiger partial charge in [-0.25, -0.2) is 4.79 Å². The molecule has 114 valence electrons. The normalized spacial score (nSPS) is 10.4. The lowest BCUT2D eigenvalue weighted by Crippen LogP contribution is -1.96. The molecule has 1 heterocycles. The summed E-state index contributed by atoms with van der Waals surface area (Å²) in [5, 5.41) is 23.6. The van der Waals surface area contributed by atoms with Gasteiger partial charge in [0.1, 0.15) is 0 Å². The number of nitrogens with zero attached hydrogens (tertiary/aromatic N) is 3. The topological polar surface area (TPSA) is 119 Å². The first-order chi connectivity index (χ1) is 11.0. The summed E-state index contributed by atoms with van der Waals surface area (Å²) >= 11 is 0. The fourth-order valence-electron chi connectivity index (χ4n) is 2.00. The first-order valence-corrected chi connectivity index (χ1v) is 6.47. The molecule has 0 amide bonds. The number of aromatic nitrogens is 2. The average molecular weight is 311 g/mol. The summed E-state index contributed by atoms with van der Waals surface area (Å²) in [6, 6.07) is 11.9. The van der Waals surface area contributed by atoms with E-state index in [1.807, 2.05) is 0 Å². The molecule has 8 heteroatoms. The van der Waals surface area contributed by atoms with Crippen molar-refractivity contribution >= 4 is 11.7 Å². The van der Waals surface area contributed by atoms with Gasteiger partial charge in [0.05, 0.1) is 10.5 Å². The molecule has 0 saturated carbocycles. The Bertz CT molecular complexity index is 831. The molecule has 0 bridgehead atoms. The van der Waals surface area contributed by atoms with Crippen LogP contribution in [0.4, 0.5) is 5.69 Å². The lowest BCUT2D eigenvalue weighted by molar-refractivity contribution is -0.384. The molecule has 0 radical (unpaired) electrons. The zero-order chi connectivity index (χ0) is 16.4. The smallest absolute Gasteiger partial charge is 0.335 e. The van der Waals surface area contributed by atoms with Gasteiger partial charge in [0.15, 0.2) is 0 Å². The molecule has 0 unspecified atom stereocenters. The van der Waals surface area contributed by atoms with E-state index in [0.29, 0.717) is 11.1 Å². The van der Waals surface area contributed by atoms with Crippen LogP contribution in [0.1, 0.15) is 10.4 Å². The summed E-state index contributed by atoms with van der Waals surface area (Å²) in [6.45, 7) is 0. The number of aromatic carboxylic acids is 1. The Balaban J connectivity index is 1.97. The Kier molecular flexibility index (Phi) is 3.55. The summed E-state index contributed by atoms with van der Waals surface area (Å²) < 4.78 is 5.11. The molecular weight excluding hydrogens is 302 g/mol. The van der Waals surface area contributed by atoms with Crippen molar-refractivity contribution in [2.24, 2.45) is 0 Å². The molecule has 1 N–H and O–H groups in total. The molecule has 0 spiro atoms. The standard InChI is InChI=1S/C15H9N3O5/c19-15(20)11-5-1-3-9(7-11)13-16-14(23-17-13)10-4-2-6-12(8-10)18(21)22/h1-8H,(H,19,20). The summed E-state index contributed by atoms with van der Waals surface area (Å²) in [5.41, 5.74) is 0.900. The van der Waals surface area contributed by atoms with Crippen LogP contribution in [0.25, 0.3) is 22.8 Å². The Labute approximate surface area is 129 Å². The summed E-state index contributed by atoms with van der Waals surface area (Å²) in [4.78, 5) is 25.4. The highest BCUT2D eigenvalue weighted by molar-refractivity contribution is 5.89. The molecule has 3 rings (SSSR count). The van der Waals surface area contributed by atoms with Crippen LogP contribution in [-0.2, 0) is 0 Å². The number of nitro benzene ring substituents is 1. The van der Waals surface area contributed by atoms with Gasteiger partial charge in [0, 0.05) is 23.3 Å². The maximum atomic E-state index is 11.0. The van der Waals surface area contributed by atoms with Crippen molar-refractivity contribution in [2.45, 2.75) is 0 Å². The number of rotatable bonds is 4. The van der Waals surface area contributed by atoms with Gasteiger partial charge in [-0.05, 0) is 18.2 Å². The van der Waals surface area contributed by atoms with Gasteiger partial charge in [-0.2, -0.15) is 4.98 Å². The van der Waals surface area contributed by atoms with Crippen molar-refractivity contribution < 1.29 is 19.3 Å². The summed E-state index contributed by atoms with van der Waals surface area (Å²) in [5.74, 6) is -0.742. The molecule has 0 aliphatic carbocycles. The van der Waals surface area contributed by atoms with Crippen LogP contribution in [0.5, 0.6) is 0 Å². The number of nitro groups is 1. The monoisotopic (exact) mass is 311 g/mol. The quantitative estimate of drug-likeness (QED) is 0.580. The van der Waals surface area contributed by atoms with Crippen LogP contribution in [0.2, 0.25) is 0 Å². The van der Waals surface area contributed by atoms with E-state index in [-0.39, 0.29) is 23.0 Å². The first-order valence-electron chi connectivity index (χ1n) is 6.47. The zero-order valence-electron chi connectivity index (χ0n) is 11.5. The highest BCUT2D eigenvalue weighted by atomic mass is 16.6. The zero-order valence-corrected chi connectivity index (χ0v) is 11.5. The molecule has 0 aliphatic rings. The average Bonchev–Trinajstić information content (AvgIpc) is 3.05. The molecule has 2 aromatic carbocycles. The maximum absolute atomic E-state index is 11.0. The van der Waals surface area contributed by atoms with Crippen molar-refractivity contribution in [1.29, 1.82) is 0 Å². The third kappa shape index (κ3) is 2.91. The van der Waals surface area contributed by atoms with Gasteiger partial charge < -0.3 is 9.63 Å². The Hall–Kier alpha value is -3.55. The van der Waals surface area contributed by atoms with Gasteiger partial charge in [0.25, 0.3) is 11.6 Å². The van der Waals surface area contributed by atoms with E-state index in [0.717, 1.165) is 0 Å². The Morgan fingerprint density at radius 2 is 1.87 bits per heavy atom. The highest BCUT2D eigenvalue weighted by Crippen LogP contribution is 2.25. The largest absolute Gasteiger partial charge is 0.478 e. The number of hydrogen-bond acceptors (Lipinski definition) is 6. The van der Waals surface area contributed by atoms with E-state index in [1.165, 1.54) is 30.3 Å². The Morgan fingerprint density at radius 3 is 2.61 bits per heavy atom. The van der Waals surface area contributed by atoms with Crippen LogP contribution in [-0.4, -0.2) is 26.1 Å². The highest BCUT2D eigenvalue weighted by Gasteiger charge is 2.14. The number of hydrogen-bond donors (Lipinski definition) is 1.